The molecule has 2 aliphatic rings. The number of aliphatic hydroxyl groups excluding tert-OH is 3. The second-order valence-electron chi connectivity index (χ2n) is 4.87. The summed E-state index contributed by atoms with van der Waals surface area (Å²) in [6, 6.07) is -0.325. The van der Waals surface area contributed by atoms with Crippen LogP contribution in [-0.4, -0.2) is 76.5 Å². The Morgan fingerprint density at radius 1 is 1.40 bits per heavy atom. The number of aliphatic imine (C=N–C) groups is 1. The maximum absolute atomic E-state index is 10.2. The molecular weight excluding hydrogens is 282 g/mol. The van der Waals surface area contributed by atoms with Gasteiger partial charge in [-0.15, -0.1) is 0 Å². The lowest BCUT2D eigenvalue weighted by Crippen LogP contribution is -2.60. The van der Waals surface area contributed by atoms with Crippen molar-refractivity contribution in [2.75, 3.05) is 26.2 Å². The molecule has 20 heavy (non-hydrogen) atoms. The monoisotopic (exact) mass is 305 g/mol. The highest BCUT2D eigenvalue weighted by molar-refractivity contribution is 8.14. The molecule has 0 aliphatic carbocycles. The first-order valence-electron chi connectivity index (χ1n) is 6.98. The number of amidine groups is 1. The Balaban J connectivity index is 1.90. The van der Waals surface area contributed by atoms with E-state index in [4.69, 9.17) is 9.84 Å². The molecule has 0 bridgehead atoms. The van der Waals surface area contributed by atoms with Gasteiger partial charge < -0.3 is 30.7 Å². The van der Waals surface area contributed by atoms with Crippen LogP contribution in [0.15, 0.2) is 4.99 Å². The van der Waals surface area contributed by atoms with Crippen LogP contribution in [0.4, 0.5) is 0 Å². The van der Waals surface area contributed by atoms with Gasteiger partial charge in [-0.3, -0.25) is 4.99 Å². The minimum Gasteiger partial charge on any atom is -0.396 e. The third-order valence-electron chi connectivity index (χ3n) is 3.38. The molecule has 0 saturated carbocycles. The van der Waals surface area contributed by atoms with Gasteiger partial charge in [0.25, 0.3) is 0 Å². The van der Waals surface area contributed by atoms with Crippen molar-refractivity contribution in [1.82, 2.24) is 10.6 Å². The molecule has 0 radical (unpaired) electrons. The highest BCUT2D eigenvalue weighted by Crippen LogP contribution is 2.33. The number of hydrogen-bond acceptors (Lipinski definition) is 7. The largest absolute Gasteiger partial charge is 0.396 e. The Morgan fingerprint density at radius 3 is 2.90 bits per heavy atom. The zero-order valence-electron chi connectivity index (χ0n) is 11.5. The lowest BCUT2D eigenvalue weighted by Gasteiger charge is -2.39. The molecule has 5 atom stereocenters. The van der Waals surface area contributed by atoms with E-state index in [2.05, 4.69) is 15.6 Å². The molecule has 7 nitrogen and oxygen atoms in total. The molecule has 2 saturated heterocycles. The van der Waals surface area contributed by atoms with E-state index in [0.29, 0.717) is 26.1 Å². The normalized spacial score (nSPS) is 38.8. The molecule has 0 spiro atoms. The van der Waals surface area contributed by atoms with E-state index in [-0.39, 0.29) is 18.1 Å². The number of aliphatic hydroxyl groups is 3. The first kappa shape index (κ1) is 16.0. The molecule has 116 valence electrons. The fourth-order valence-corrected chi connectivity index (χ4v) is 3.52. The number of nitrogens with one attached hydrogen (secondary N) is 2. The Labute approximate surface area is 122 Å². The number of rotatable bonds is 6. The van der Waals surface area contributed by atoms with E-state index in [1.54, 1.807) is 0 Å². The van der Waals surface area contributed by atoms with Crippen LogP contribution in [0.3, 0.4) is 0 Å². The van der Waals surface area contributed by atoms with Gasteiger partial charge in [-0.05, 0) is 19.9 Å². The van der Waals surface area contributed by atoms with Gasteiger partial charge in [0.2, 0.25) is 0 Å². The smallest absolute Gasteiger partial charge is 0.159 e. The lowest BCUT2D eigenvalue weighted by molar-refractivity contribution is -0.153. The van der Waals surface area contributed by atoms with Crippen LogP contribution in [0.5, 0.6) is 0 Å². The summed E-state index contributed by atoms with van der Waals surface area (Å²) in [6.07, 6.45) is -1.62. The lowest BCUT2D eigenvalue weighted by atomic mass is 9.98. The van der Waals surface area contributed by atoms with Crippen molar-refractivity contribution in [2.24, 2.45) is 4.99 Å². The van der Waals surface area contributed by atoms with Gasteiger partial charge in [-0.2, -0.15) is 0 Å². The summed E-state index contributed by atoms with van der Waals surface area (Å²) >= 11 is 1.45. The third kappa shape index (κ3) is 3.63. The van der Waals surface area contributed by atoms with Crippen molar-refractivity contribution in [3.63, 3.8) is 0 Å². The van der Waals surface area contributed by atoms with Crippen molar-refractivity contribution in [3.05, 3.63) is 0 Å². The molecular formula is C12H23N3O4S. The SMILES string of the molecule is CCN=C1NC2C(OC(CNCCCO)C(O)C2O)S1. The van der Waals surface area contributed by atoms with Crippen LogP contribution in [0.1, 0.15) is 13.3 Å². The number of thioether (sulfide) groups is 1. The van der Waals surface area contributed by atoms with Gasteiger partial charge in [-0.25, -0.2) is 0 Å². The van der Waals surface area contributed by atoms with Crippen LogP contribution >= 0.6 is 11.8 Å². The molecule has 2 fully saturated rings. The topological polar surface area (TPSA) is 106 Å². The fraction of sp³-hybridized carbons (Fsp3) is 0.917. The van der Waals surface area contributed by atoms with E-state index in [9.17, 15) is 10.2 Å². The second kappa shape index (κ2) is 7.58. The Hall–Kier alpha value is -0.380. The van der Waals surface area contributed by atoms with Crippen molar-refractivity contribution < 1.29 is 20.1 Å². The van der Waals surface area contributed by atoms with E-state index in [0.717, 1.165) is 5.17 Å². The van der Waals surface area contributed by atoms with Gasteiger partial charge in [0.05, 0.1) is 6.04 Å². The average molecular weight is 305 g/mol. The van der Waals surface area contributed by atoms with Crippen LogP contribution in [0.25, 0.3) is 0 Å². The molecule has 0 amide bonds. The van der Waals surface area contributed by atoms with Gasteiger partial charge in [-0.1, -0.05) is 11.8 Å². The van der Waals surface area contributed by atoms with Gasteiger partial charge >= 0.3 is 0 Å². The summed E-state index contributed by atoms with van der Waals surface area (Å²) in [5.41, 5.74) is -0.233. The zero-order valence-corrected chi connectivity index (χ0v) is 12.3. The third-order valence-corrected chi connectivity index (χ3v) is 4.48. The first-order valence-corrected chi connectivity index (χ1v) is 7.86. The van der Waals surface area contributed by atoms with Crippen LogP contribution in [0.2, 0.25) is 0 Å². The van der Waals surface area contributed by atoms with Gasteiger partial charge in [0.1, 0.15) is 23.7 Å². The number of hydrogen-bond donors (Lipinski definition) is 5. The summed E-state index contributed by atoms with van der Waals surface area (Å²) in [5.74, 6) is 0. The second-order valence-corrected chi connectivity index (χ2v) is 5.96. The Morgan fingerprint density at radius 2 is 2.20 bits per heavy atom. The van der Waals surface area contributed by atoms with E-state index < -0.39 is 18.3 Å². The Kier molecular flexibility index (Phi) is 6.06. The zero-order chi connectivity index (χ0) is 14.5. The highest BCUT2D eigenvalue weighted by atomic mass is 32.2. The highest BCUT2D eigenvalue weighted by Gasteiger charge is 2.48. The summed E-state index contributed by atoms with van der Waals surface area (Å²) in [7, 11) is 0. The maximum Gasteiger partial charge on any atom is 0.159 e. The van der Waals surface area contributed by atoms with E-state index in [1.165, 1.54) is 11.8 Å². The molecule has 5 N–H and O–H groups in total. The van der Waals surface area contributed by atoms with Crippen LogP contribution in [-0.2, 0) is 4.74 Å². The molecule has 8 heteroatoms. The standard InChI is InChI=1S/C12H23N3O4S/c1-2-14-12-15-8-10(18)9(17)7(19-11(8)20-12)6-13-4-3-5-16/h7-11,13,16-18H,2-6H2,1H3,(H,14,15). The summed E-state index contributed by atoms with van der Waals surface area (Å²) in [4.78, 5) is 4.27. The molecule has 2 aliphatic heterocycles. The molecule has 0 aromatic heterocycles. The molecule has 2 rings (SSSR count). The van der Waals surface area contributed by atoms with Crippen LogP contribution < -0.4 is 10.6 Å². The molecule has 0 aromatic carbocycles. The molecule has 5 unspecified atom stereocenters. The van der Waals surface area contributed by atoms with Gasteiger partial charge in [0, 0.05) is 19.7 Å². The quantitative estimate of drug-likeness (QED) is 0.380. The van der Waals surface area contributed by atoms with E-state index in [1.807, 2.05) is 6.92 Å². The van der Waals surface area contributed by atoms with Crippen molar-refractivity contribution in [2.45, 2.75) is 43.1 Å². The summed E-state index contributed by atoms with van der Waals surface area (Å²) < 4.78 is 5.83. The number of nitrogens with zero attached hydrogens (tertiary/aromatic N) is 1. The van der Waals surface area contributed by atoms with Crippen molar-refractivity contribution in [3.8, 4) is 0 Å². The minimum absolute atomic E-state index is 0.130. The Bertz CT molecular complexity index is 345. The van der Waals surface area contributed by atoms with Crippen LogP contribution in [0, 0.1) is 0 Å². The fourth-order valence-electron chi connectivity index (χ4n) is 2.32. The molecule has 0 aromatic rings. The maximum atomic E-state index is 10.2. The summed E-state index contributed by atoms with van der Waals surface area (Å²) in [5, 5.41) is 36.0. The minimum atomic E-state index is -0.938. The predicted molar refractivity (Wildman–Crippen MR) is 77.7 cm³/mol. The van der Waals surface area contributed by atoms with Crippen molar-refractivity contribution >= 4 is 16.9 Å². The van der Waals surface area contributed by atoms with E-state index >= 15 is 0 Å². The van der Waals surface area contributed by atoms with Gasteiger partial charge in [0.15, 0.2) is 5.17 Å². The number of ether oxygens (including phenoxy) is 1. The predicted octanol–water partition coefficient (Wildman–Crippen LogP) is -1.51. The number of fused-ring (bicyclic) bond motifs is 1. The molecule has 2 heterocycles. The first-order chi connectivity index (χ1) is 9.67. The van der Waals surface area contributed by atoms with Crippen molar-refractivity contribution in [1.29, 1.82) is 0 Å². The average Bonchev–Trinajstić information content (AvgIpc) is 2.83. The summed E-state index contributed by atoms with van der Waals surface area (Å²) in [6.45, 7) is 3.84.